The lowest BCUT2D eigenvalue weighted by molar-refractivity contribution is -0.134. The van der Waals surface area contributed by atoms with Crippen molar-refractivity contribution >= 4 is 17.5 Å². The van der Waals surface area contributed by atoms with Crippen LogP contribution in [-0.2, 0) is 11.3 Å². The van der Waals surface area contributed by atoms with Crippen molar-refractivity contribution in [2.45, 2.75) is 25.4 Å². The number of nitriles is 1. The van der Waals surface area contributed by atoms with Crippen LogP contribution >= 0.6 is 11.6 Å². The van der Waals surface area contributed by atoms with E-state index in [-0.39, 0.29) is 25.1 Å². The highest BCUT2D eigenvalue weighted by molar-refractivity contribution is 6.33. The summed E-state index contributed by atoms with van der Waals surface area (Å²) >= 11 is 6.18. The number of halogens is 1. The Hall–Kier alpha value is -3.37. The van der Waals surface area contributed by atoms with Gasteiger partial charge in [-0.25, -0.2) is 0 Å². The van der Waals surface area contributed by atoms with Gasteiger partial charge < -0.3 is 14.1 Å². The third kappa shape index (κ3) is 4.55. The molecule has 29 heavy (non-hydrogen) atoms. The summed E-state index contributed by atoms with van der Waals surface area (Å²) in [6, 6.07) is 16.0. The predicted molar refractivity (Wildman–Crippen MR) is 105 cm³/mol. The summed E-state index contributed by atoms with van der Waals surface area (Å²) in [6.07, 6.45) is 1.88. The zero-order valence-corrected chi connectivity index (χ0v) is 16.2. The molecule has 1 heterocycles. The molecule has 1 aliphatic carbocycles. The second-order valence-corrected chi connectivity index (χ2v) is 7.07. The number of benzene rings is 2. The van der Waals surface area contributed by atoms with Crippen molar-refractivity contribution in [1.29, 1.82) is 5.26 Å². The van der Waals surface area contributed by atoms with Crippen LogP contribution in [0.2, 0.25) is 5.02 Å². The zero-order chi connectivity index (χ0) is 20.2. The van der Waals surface area contributed by atoms with Crippen LogP contribution in [0.25, 0.3) is 11.5 Å². The number of rotatable bonds is 7. The molecule has 4 rings (SSSR count). The second kappa shape index (κ2) is 8.33. The Morgan fingerprint density at radius 1 is 1.21 bits per heavy atom. The molecule has 146 valence electrons. The van der Waals surface area contributed by atoms with E-state index in [1.54, 1.807) is 41.3 Å². The van der Waals surface area contributed by atoms with E-state index in [1.807, 2.05) is 18.2 Å². The van der Waals surface area contributed by atoms with Gasteiger partial charge in [-0.15, -0.1) is 10.2 Å². The number of ether oxygens (including phenoxy) is 1. The summed E-state index contributed by atoms with van der Waals surface area (Å²) in [5.74, 6) is 1.04. The van der Waals surface area contributed by atoms with Gasteiger partial charge in [0.1, 0.15) is 5.75 Å². The highest BCUT2D eigenvalue weighted by Crippen LogP contribution is 2.30. The van der Waals surface area contributed by atoms with E-state index >= 15 is 0 Å². The molecule has 0 aliphatic heterocycles. The van der Waals surface area contributed by atoms with E-state index in [9.17, 15) is 4.79 Å². The van der Waals surface area contributed by atoms with Gasteiger partial charge in [-0.05, 0) is 49.2 Å². The normalized spacial score (nSPS) is 13.0. The van der Waals surface area contributed by atoms with E-state index in [0.717, 1.165) is 12.8 Å². The topological polar surface area (TPSA) is 92.2 Å². The Labute approximate surface area is 172 Å². The van der Waals surface area contributed by atoms with Gasteiger partial charge in [0.25, 0.3) is 5.91 Å². The highest BCUT2D eigenvalue weighted by atomic mass is 35.5. The first-order chi connectivity index (χ1) is 14.1. The number of carbonyl (C=O) groups is 1. The smallest absolute Gasteiger partial charge is 0.261 e. The van der Waals surface area contributed by atoms with Gasteiger partial charge in [-0.1, -0.05) is 23.7 Å². The van der Waals surface area contributed by atoms with Crippen LogP contribution in [0, 0.1) is 11.3 Å². The Bertz CT molecular complexity index is 1050. The molecule has 1 amide bonds. The number of aromatic nitrogens is 2. The number of hydrogen-bond acceptors (Lipinski definition) is 6. The van der Waals surface area contributed by atoms with Crippen molar-refractivity contribution in [3.63, 3.8) is 0 Å². The number of nitrogens with zero attached hydrogens (tertiary/aromatic N) is 4. The van der Waals surface area contributed by atoms with Gasteiger partial charge in [0, 0.05) is 6.04 Å². The lowest BCUT2D eigenvalue weighted by Gasteiger charge is -2.20. The van der Waals surface area contributed by atoms with Crippen LogP contribution in [0.15, 0.2) is 52.9 Å². The summed E-state index contributed by atoms with van der Waals surface area (Å²) < 4.78 is 11.3. The largest absolute Gasteiger partial charge is 0.484 e. The fraction of sp³-hybridized carbons (Fsp3) is 0.238. The van der Waals surface area contributed by atoms with Crippen LogP contribution in [0.1, 0.15) is 24.3 Å². The Morgan fingerprint density at radius 3 is 2.66 bits per heavy atom. The summed E-state index contributed by atoms with van der Waals surface area (Å²) in [5.41, 5.74) is 1.19. The van der Waals surface area contributed by atoms with Crippen molar-refractivity contribution < 1.29 is 13.9 Å². The highest BCUT2D eigenvalue weighted by Gasteiger charge is 2.34. The predicted octanol–water partition coefficient (Wildman–Crippen LogP) is 3.83. The minimum Gasteiger partial charge on any atom is -0.484 e. The molecule has 7 nitrogen and oxygen atoms in total. The number of amides is 1. The standard InChI is InChI=1S/C21H17ClN4O3/c22-18-4-2-1-3-17(18)21-25-24-19(29-21)12-26(15-7-8-15)20(27)13-28-16-9-5-14(11-23)6-10-16/h1-6,9-10,15H,7-8,12-13H2. The number of carbonyl (C=O) groups excluding carboxylic acids is 1. The van der Waals surface area contributed by atoms with Crippen LogP contribution < -0.4 is 4.74 Å². The fourth-order valence-electron chi connectivity index (χ4n) is 2.87. The third-order valence-corrected chi connectivity index (χ3v) is 4.86. The molecule has 1 aliphatic rings. The maximum atomic E-state index is 12.7. The van der Waals surface area contributed by atoms with Crippen LogP contribution in [-0.4, -0.2) is 33.7 Å². The number of hydrogen-bond donors (Lipinski definition) is 0. The van der Waals surface area contributed by atoms with E-state index in [4.69, 9.17) is 26.0 Å². The molecule has 2 aromatic carbocycles. The average Bonchev–Trinajstić information content (AvgIpc) is 3.49. The van der Waals surface area contributed by atoms with Gasteiger partial charge >= 0.3 is 0 Å². The minimum absolute atomic E-state index is 0.103. The first-order valence-electron chi connectivity index (χ1n) is 9.14. The Kier molecular flexibility index (Phi) is 5.45. The maximum Gasteiger partial charge on any atom is 0.261 e. The molecular weight excluding hydrogens is 392 g/mol. The van der Waals surface area contributed by atoms with Crippen molar-refractivity contribution in [1.82, 2.24) is 15.1 Å². The molecule has 0 bridgehead atoms. The molecule has 8 heteroatoms. The minimum atomic E-state index is -0.158. The molecule has 0 atom stereocenters. The van der Waals surface area contributed by atoms with E-state index in [2.05, 4.69) is 10.2 Å². The monoisotopic (exact) mass is 408 g/mol. The summed E-state index contributed by atoms with van der Waals surface area (Å²) in [6.45, 7) is 0.117. The molecule has 1 saturated carbocycles. The quantitative estimate of drug-likeness (QED) is 0.589. The molecule has 0 saturated heterocycles. The SMILES string of the molecule is N#Cc1ccc(OCC(=O)N(Cc2nnc(-c3ccccc3Cl)o2)C2CC2)cc1. The first kappa shape index (κ1) is 19.0. The Balaban J connectivity index is 1.41. The van der Waals surface area contributed by atoms with Crippen molar-refractivity contribution in [2.24, 2.45) is 0 Å². The molecular formula is C21H17ClN4O3. The van der Waals surface area contributed by atoms with Gasteiger partial charge in [0.15, 0.2) is 6.61 Å². The van der Waals surface area contributed by atoms with Crippen molar-refractivity contribution in [3.8, 4) is 23.3 Å². The first-order valence-corrected chi connectivity index (χ1v) is 9.51. The van der Waals surface area contributed by atoms with E-state index in [0.29, 0.717) is 33.7 Å². The van der Waals surface area contributed by atoms with Crippen LogP contribution in [0.4, 0.5) is 0 Å². The average molecular weight is 409 g/mol. The van der Waals surface area contributed by atoms with Crippen molar-refractivity contribution in [3.05, 3.63) is 65.0 Å². The lowest BCUT2D eigenvalue weighted by Crippen LogP contribution is -2.36. The Morgan fingerprint density at radius 2 is 1.97 bits per heavy atom. The van der Waals surface area contributed by atoms with Crippen molar-refractivity contribution in [2.75, 3.05) is 6.61 Å². The summed E-state index contributed by atoms with van der Waals surface area (Å²) in [7, 11) is 0. The second-order valence-electron chi connectivity index (χ2n) is 6.66. The fourth-order valence-corrected chi connectivity index (χ4v) is 3.08. The molecule has 1 aromatic heterocycles. The van der Waals surface area contributed by atoms with Gasteiger partial charge in [0.2, 0.25) is 11.8 Å². The molecule has 3 aromatic rings. The third-order valence-electron chi connectivity index (χ3n) is 4.53. The lowest BCUT2D eigenvalue weighted by atomic mass is 10.2. The summed E-state index contributed by atoms with van der Waals surface area (Å²) in [5, 5.41) is 17.5. The molecule has 0 spiro atoms. The molecule has 0 unspecified atom stereocenters. The van der Waals surface area contributed by atoms with Crippen LogP contribution in [0.5, 0.6) is 5.75 Å². The van der Waals surface area contributed by atoms with E-state index < -0.39 is 0 Å². The van der Waals surface area contributed by atoms with Gasteiger partial charge in [-0.3, -0.25) is 4.79 Å². The molecule has 0 N–H and O–H groups in total. The molecule has 1 fully saturated rings. The van der Waals surface area contributed by atoms with Gasteiger partial charge in [-0.2, -0.15) is 5.26 Å². The summed E-state index contributed by atoms with van der Waals surface area (Å²) in [4.78, 5) is 14.4. The van der Waals surface area contributed by atoms with Crippen LogP contribution in [0.3, 0.4) is 0 Å². The molecule has 0 radical (unpaired) electrons. The van der Waals surface area contributed by atoms with E-state index in [1.165, 1.54) is 0 Å². The maximum absolute atomic E-state index is 12.7. The van der Waals surface area contributed by atoms with Gasteiger partial charge in [0.05, 0.1) is 28.8 Å². The zero-order valence-electron chi connectivity index (χ0n) is 15.4.